The SMILES string of the molecule is CC1CCC(CCNCc2ncnn2C(C)C)CC1. The average molecular weight is 264 g/mol. The van der Waals surface area contributed by atoms with Crippen LogP contribution in [-0.2, 0) is 6.54 Å². The van der Waals surface area contributed by atoms with Crippen LogP contribution in [0.4, 0.5) is 0 Å². The molecule has 0 bridgehead atoms. The number of nitrogens with one attached hydrogen (secondary N) is 1. The van der Waals surface area contributed by atoms with E-state index in [1.54, 1.807) is 6.33 Å². The number of nitrogens with zero attached hydrogens (tertiary/aromatic N) is 3. The third-order valence-electron chi connectivity index (χ3n) is 4.28. The predicted octanol–water partition coefficient (Wildman–Crippen LogP) is 3.17. The minimum Gasteiger partial charge on any atom is -0.310 e. The first-order valence-corrected chi connectivity index (χ1v) is 7.76. The molecule has 4 nitrogen and oxygen atoms in total. The summed E-state index contributed by atoms with van der Waals surface area (Å²) in [6.45, 7) is 8.60. The van der Waals surface area contributed by atoms with Gasteiger partial charge < -0.3 is 5.32 Å². The molecule has 108 valence electrons. The second-order valence-electron chi connectivity index (χ2n) is 6.31. The van der Waals surface area contributed by atoms with Gasteiger partial charge in [-0.3, -0.25) is 0 Å². The topological polar surface area (TPSA) is 42.7 Å². The highest BCUT2D eigenvalue weighted by Crippen LogP contribution is 2.29. The molecule has 2 rings (SSSR count). The lowest BCUT2D eigenvalue weighted by molar-refractivity contribution is 0.274. The molecule has 1 aliphatic carbocycles. The zero-order valence-electron chi connectivity index (χ0n) is 12.6. The molecule has 1 saturated carbocycles. The van der Waals surface area contributed by atoms with E-state index in [-0.39, 0.29) is 0 Å². The fraction of sp³-hybridized carbons (Fsp3) is 0.867. The van der Waals surface area contributed by atoms with E-state index in [1.807, 2.05) is 4.68 Å². The Morgan fingerprint density at radius 3 is 2.74 bits per heavy atom. The van der Waals surface area contributed by atoms with Gasteiger partial charge in [-0.15, -0.1) is 0 Å². The Balaban J connectivity index is 1.65. The van der Waals surface area contributed by atoms with Crippen LogP contribution in [0.25, 0.3) is 0 Å². The van der Waals surface area contributed by atoms with E-state index >= 15 is 0 Å². The molecule has 0 radical (unpaired) electrons. The van der Waals surface area contributed by atoms with Gasteiger partial charge in [0, 0.05) is 6.04 Å². The van der Waals surface area contributed by atoms with Crippen LogP contribution in [0, 0.1) is 11.8 Å². The van der Waals surface area contributed by atoms with Crippen molar-refractivity contribution < 1.29 is 0 Å². The van der Waals surface area contributed by atoms with Crippen LogP contribution < -0.4 is 5.32 Å². The van der Waals surface area contributed by atoms with Gasteiger partial charge in [0.2, 0.25) is 0 Å². The van der Waals surface area contributed by atoms with E-state index in [0.29, 0.717) is 6.04 Å². The molecule has 19 heavy (non-hydrogen) atoms. The quantitative estimate of drug-likeness (QED) is 0.803. The number of aromatic nitrogens is 3. The van der Waals surface area contributed by atoms with E-state index in [2.05, 4.69) is 36.2 Å². The van der Waals surface area contributed by atoms with Crippen molar-refractivity contribution in [2.75, 3.05) is 6.54 Å². The molecule has 1 fully saturated rings. The number of rotatable bonds is 6. The Labute approximate surface area is 117 Å². The van der Waals surface area contributed by atoms with E-state index < -0.39 is 0 Å². The van der Waals surface area contributed by atoms with Crippen molar-refractivity contribution in [2.45, 2.75) is 65.5 Å². The molecule has 0 unspecified atom stereocenters. The lowest BCUT2D eigenvalue weighted by Crippen LogP contribution is -2.22. The molecular weight excluding hydrogens is 236 g/mol. The zero-order chi connectivity index (χ0) is 13.7. The fourth-order valence-electron chi connectivity index (χ4n) is 2.96. The third kappa shape index (κ3) is 4.30. The Morgan fingerprint density at radius 2 is 2.05 bits per heavy atom. The van der Waals surface area contributed by atoms with E-state index in [9.17, 15) is 0 Å². The maximum Gasteiger partial charge on any atom is 0.141 e. The van der Waals surface area contributed by atoms with Gasteiger partial charge in [0.05, 0.1) is 6.54 Å². The number of hydrogen-bond donors (Lipinski definition) is 1. The first-order chi connectivity index (χ1) is 9.16. The molecule has 1 aliphatic rings. The van der Waals surface area contributed by atoms with Crippen LogP contribution in [0.15, 0.2) is 6.33 Å². The summed E-state index contributed by atoms with van der Waals surface area (Å²) in [6.07, 6.45) is 8.65. The molecule has 0 saturated heterocycles. The molecule has 0 spiro atoms. The molecule has 4 heteroatoms. The molecule has 1 aromatic heterocycles. The highest BCUT2D eigenvalue weighted by molar-refractivity contribution is 4.85. The van der Waals surface area contributed by atoms with Crippen molar-refractivity contribution in [1.82, 2.24) is 20.1 Å². The molecule has 0 aliphatic heterocycles. The van der Waals surface area contributed by atoms with Crippen LogP contribution in [-0.4, -0.2) is 21.3 Å². The highest BCUT2D eigenvalue weighted by atomic mass is 15.3. The van der Waals surface area contributed by atoms with Gasteiger partial charge in [-0.1, -0.05) is 32.6 Å². The van der Waals surface area contributed by atoms with Gasteiger partial charge in [0.15, 0.2) is 0 Å². The second-order valence-corrected chi connectivity index (χ2v) is 6.31. The lowest BCUT2D eigenvalue weighted by atomic mass is 9.81. The molecule has 0 atom stereocenters. The van der Waals surface area contributed by atoms with Crippen molar-refractivity contribution in [1.29, 1.82) is 0 Å². The van der Waals surface area contributed by atoms with Crippen LogP contribution in [0.2, 0.25) is 0 Å². The van der Waals surface area contributed by atoms with Crippen molar-refractivity contribution >= 4 is 0 Å². The summed E-state index contributed by atoms with van der Waals surface area (Å²) in [4.78, 5) is 4.32. The molecule has 1 aromatic rings. The van der Waals surface area contributed by atoms with Crippen LogP contribution in [0.5, 0.6) is 0 Å². The first kappa shape index (κ1) is 14.5. The molecule has 0 aromatic carbocycles. The van der Waals surface area contributed by atoms with Crippen molar-refractivity contribution in [2.24, 2.45) is 11.8 Å². The minimum absolute atomic E-state index is 0.388. The summed E-state index contributed by atoms with van der Waals surface area (Å²) in [5.74, 6) is 2.94. The van der Waals surface area contributed by atoms with E-state index in [0.717, 1.165) is 30.7 Å². The molecule has 1 N–H and O–H groups in total. The summed E-state index contributed by atoms with van der Waals surface area (Å²) in [5, 5.41) is 7.78. The smallest absolute Gasteiger partial charge is 0.141 e. The molecule has 1 heterocycles. The summed E-state index contributed by atoms with van der Waals surface area (Å²) in [5.41, 5.74) is 0. The highest BCUT2D eigenvalue weighted by Gasteiger charge is 2.17. The third-order valence-corrected chi connectivity index (χ3v) is 4.28. The van der Waals surface area contributed by atoms with Crippen molar-refractivity contribution in [3.05, 3.63) is 12.2 Å². The van der Waals surface area contributed by atoms with E-state index in [1.165, 1.54) is 32.1 Å². The molecular formula is C15H28N4. The largest absolute Gasteiger partial charge is 0.310 e. The lowest BCUT2D eigenvalue weighted by Gasteiger charge is -2.26. The predicted molar refractivity (Wildman–Crippen MR) is 77.9 cm³/mol. The monoisotopic (exact) mass is 264 g/mol. The summed E-state index contributed by atoms with van der Waals surface area (Å²) in [7, 11) is 0. The summed E-state index contributed by atoms with van der Waals surface area (Å²) >= 11 is 0. The maximum absolute atomic E-state index is 4.32. The normalized spacial score (nSPS) is 24.0. The first-order valence-electron chi connectivity index (χ1n) is 7.76. The summed E-state index contributed by atoms with van der Waals surface area (Å²) < 4.78 is 2.00. The van der Waals surface area contributed by atoms with Crippen molar-refractivity contribution in [3.63, 3.8) is 0 Å². The van der Waals surface area contributed by atoms with Gasteiger partial charge in [0.1, 0.15) is 12.2 Å². The second kappa shape index (κ2) is 7.04. The molecule has 0 amide bonds. The number of hydrogen-bond acceptors (Lipinski definition) is 3. The Bertz CT molecular complexity index is 364. The standard InChI is InChI=1S/C15H28N4/c1-12(2)19-15(17-11-18-19)10-16-9-8-14-6-4-13(3)5-7-14/h11-14,16H,4-10H2,1-3H3. The average Bonchev–Trinajstić information content (AvgIpc) is 2.85. The van der Waals surface area contributed by atoms with Gasteiger partial charge in [-0.25, -0.2) is 9.67 Å². The van der Waals surface area contributed by atoms with Crippen LogP contribution in [0.1, 0.15) is 64.7 Å². The maximum atomic E-state index is 4.32. The van der Waals surface area contributed by atoms with Gasteiger partial charge in [-0.05, 0) is 38.6 Å². The Hall–Kier alpha value is -0.900. The van der Waals surface area contributed by atoms with Crippen LogP contribution >= 0.6 is 0 Å². The van der Waals surface area contributed by atoms with Crippen molar-refractivity contribution in [3.8, 4) is 0 Å². The van der Waals surface area contributed by atoms with Gasteiger partial charge in [0.25, 0.3) is 0 Å². The van der Waals surface area contributed by atoms with Crippen LogP contribution in [0.3, 0.4) is 0 Å². The Morgan fingerprint density at radius 1 is 1.32 bits per heavy atom. The van der Waals surface area contributed by atoms with Gasteiger partial charge in [-0.2, -0.15) is 5.10 Å². The Kier molecular flexibility index (Phi) is 5.37. The van der Waals surface area contributed by atoms with Gasteiger partial charge >= 0.3 is 0 Å². The zero-order valence-corrected chi connectivity index (χ0v) is 12.6. The minimum atomic E-state index is 0.388. The van der Waals surface area contributed by atoms with E-state index in [4.69, 9.17) is 0 Å². The fourth-order valence-corrected chi connectivity index (χ4v) is 2.96. The summed E-state index contributed by atoms with van der Waals surface area (Å²) in [6, 6.07) is 0.388.